The van der Waals surface area contributed by atoms with Gasteiger partial charge in [0.1, 0.15) is 5.69 Å². The lowest BCUT2D eigenvalue weighted by molar-refractivity contribution is -0.115. The molecule has 3 rings (SSSR count). The number of rotatable bonds is 7. The smallest absolute Gasteiger partial charge is 0.295 e. The van der Waals surface area contributed by atoms with Crippen molar-refractivity contribution in [2.24, 2.45) is 7.05 Å². The number of terminal acetylenes is 1. The molecule has 0 bridgehead atoms. The predicted molar refractivity (Wildman–Crippen MR) is 129 cm³/mol. The standard InChI is InChI=1S/C24H24N4O3S/c1-5-18-10-9-11-19(14-18)25-21(29)15-32-17(3)23(30)26-22-16(2)27(4)28(24(22)31)20-12-7-6-8-13-20/h1,6-14,17H,15H2,2-4H3,(H,25,29)(H,26,30). The number of anilines is 2. The first kappa shape index (κ1) is 23.0. The molecule has 0 aliphatic heterocycles. The fourth-order valence-electron chi connectivity index (χ4n) is 3.10. The lowest BCUT2D eigenvalue weighted by atomic mass is 10.2. The Kier molecular flexibility index (Phi) is 7.23. The molecule has 0 aliphatic rings. The number of hydrogen-bond acceptors (Lipinski definition) is 4. The highest BCUT2D eigenvalue weighted by molar-refractivity contribution is 8.01. The van der Waals surface area contributed by atoms with Crippen molar-refractivity contribution in [1.29, 1.82) is 0 Å². The first-order valence-electron chi connectivity index (χ1n) is 9.95. The largest absolute Gasteiger partial charge is 0.325 e. The van der Waals surface area contributed by atoms with Gasteiger partial charge < -0.3 is 10.6 Å². The predicted octanol–water partition coefficient (Wildman–Crippen LogP) is 3.16. The van der Waals surface area contributed by atoms with Crippen LogP contribution in [0.25, 0.3) is 5.69 Å². The molecule has 2 N–H and O–H groups in total. The summed E-state index contributed by atoms with van der Waals surface area (Å²) in [6.07, 6.45) is 5.37. The molecule has 164 valence electrons. The third-order valence-electron chi connectivity index (χ3n) is 4.95. The lowest BCUT2D eigenvalue weighted by Gasteiger charge is -2.11. The van der Waals surface area contributed by atoms with Gasteiger partial charge in [0.2, 0.25) is 11.8 Å². The highest BCUT2D eigenvalue weighted by atomic mass is 32.2. The Bertz CT molecular complexity index is 1240. The highest BCUT2D eigenvalue weighted by Gasteiger charge is 2.21. The van der Waals surface area contributed by atoms with Gasteiger partial charge in [-0.05, 0) is 44.2 Å². The van der Waals surface area contributed by atoms with Gasteiger partial charge in [0.05, 0.1) is 22.4 Å². The molecule has 0 spiro atoms. The van der Waals surface area contributed by atoms with Gasteiger partial charge in [-0.1, -0.05) is 30.2 Å². The van der Waals surface area contributed by atoms with E-state index < -0.39 is 5.25 Å². The van der Waals surface area contributed by atoms with E-state index in [9.17, 15) is 14.4 Å². The van der Waals surface area contributed by atoms with Crippen LogP contribution in [-0.4, -0.2) is 32.2 Å². The second-order valence-corrected chi connectivity index (χ2v) is 8.48. The molecule has 0 saturated heterocycles. The van der Waals surface area contributed by atoms with E-state index in [1.807, 2.05) is 30.3 Å². The second-order valence-electron chi connectivity index (χ2n) is 7.15. The third-order valence-corrected chi connectivity index (χ3v) is 6.09. The lowest BCUT2D eigenvalue weighted by Crippen LogP contribution is -2.28. The van der Waals surface area contributed by atoms with E-state index >= 15 is 0 Å². The molecule has 1 atom stereocenters. The van der Waals surface area contributed by atoms with Crippen LogP contribution in [0.5, 0.6) is 0 Å². The summed E-state index contributed by atoms with van der Waals surface area (Å²) < 4.78 is 3.20. The fourth-order valence-corrected chi connectivity index (χ4v) is 3.78. The molecule has 0 fully saturated rings. The Morgan fingerprint density at radius 3 is 2.53 bits per heavy atom. The van der Waals surface area contributed by atoms with Crippen molar-refractivity contribution in [2.75, 3.05) is 16.4 Å². The molecule has 1 aromatic heterocycles. The van der Waals surface area contributed by atoms with Gasteiger partial charge in [0.15, 0.2) is 0 Å². The molecule has 1 heterocycles. The number of thioether (sulfide) groups is 1. The zero-order valence-corrected chi connectivity index (χ0v) is 18.9. The molecular formula is C24H24N4O3S. The number of aromatic nitrogens is 2. The molecule has 1 unspecified atom stereocenters. The average molecular weight is 449 g/mol. The molecule has 2 amide bonds. The van der Waals surface area contributed by atoms with E-state index in [1.165, 1.54) is 16.4 Å². The summed E-state index contributed by atoms with van der Waals surface area (Å²) in [7, 11) is 1.76. The molecule has 32 heavy (non-hydrogen) atoms. The monoisotopic (exact) mass is 448 g/mol. The van der Waals surface area contributed by atoms with Gasteiger partial charge in [0.25, 0.3) is 5.56 Å². The number of carbonyl (C=O) groups is 2. The summed E-state index contributed by atoms with van der Waals surface area (Å²) in [5.41, 5.74) is 2.52. The summed E-state index contributed by atoms with van der Waals surface area (Å²) in [4.78, 5) is 37.9. The molecule has 0 radical (unpaired) electrons. The SMILES string of the molecule is C#Cc1cccc(NC(=O)CSC(C)C(=O)Nc2c(C)n(C)n(-c3ccccc3)c2=O)c1. The summed E-state index contributed by atoms with van der Waals surface area (Å²) in [5.74, 6) is 2.01. The normalized spacial score (nSPS) is 11.4. The van der Waals surface area contributed by atoms with Crippen LogP contribution in [0.15, 0.2) is 59.4 Å². The Hall–Kier alpha value is -3.70. The maximum atomic E-state index is 12.9. The van der Waals surface area contributed by atoms with Crippen LogP contribution >= 0.6 is 11.8 Å². The Balaban J connectivity index is 1.63. The highest BCUT2D eigenvalue weighted by Crippen LogP contribution is 2.18. The van der Waals surface area contributed by atoms with Crippen LogP contribution in [0.3, 0.4) is 0 Å². The number of amides is 2. The van der Waals surface area contributed by atoms with Crippen molar-refractivity contribution in [1.82, 2.24) is 9.36 Å². The molecule has 8 heteroatoms. The summed E-state index contributed by atoms with van der Waals surface area (Å²) in [6.45, 7) is 3.46. The Labute approximate surface area is 190 Å². The minimum Gasteiger partial charge on any atom is -0.325 e. The maximum absolute atomic E-state index is 12.9. The van der Waals surface area contributed by atoms with E-state index in [-0.39, 0.29) is 28.8 Å². The number of nitrogens with one attached hydrogen (secondary N) is 2. The van der Waals surface area contributed by atoms with E-state index in [0.29, 0.717) is 22.6 Å². The van der Waals surface area contributed by atoms with Crippen molar-refractivity contribution in [3.05, 3.63) is 76.2 Å². The van der Waals surface area contributed by atoms with Crippen LogP contribution in [0.4, 0.5) is 11.4 Å². The Morgan fingerprint density at radius 1 is 1.12 bits per heavy atom. The number of nitrogens with zero attached hydrogens (tertiary/aromatic N) is 2. The number of benzene rings is 2. The van der Waals surface area contributed by atoms with Crippen LogP contribution in [0.2, 0.25) is 0 Å². The molecule has 3 aromatic rings. The first-order chi connectivity index (χ1) is 15.3. The number of carbonyl (C=O) groups excluding carboxylic acids is 2. The second kappa shape index (κ2) is 10.1. The van der Waals surface area contributed by atoms with Gasteiger partial charge in [-0.3, -0.25) is 19.1 Å². The topological polar surface area (TPSA) is 85.1 Å². The third kappa shape index (κ3) is 5.13. The van der Waals surface area contributed by atoms with Gasteiger partial charge in [0, 0.05) is 18.3 Å². The van der Waals surface area contributed by atoms with Crippen molar-refractivity contribution in [2.45, 2.75) is 19.1 Å². The summed E-state index contributed by atoms with van der Waals surface area (Å²) >= 11 is 1.18. The van der Waals surface area contributed by atoms with Crippen LogP contribution in [0.1, 0.15) is 18.2 Å². The minimum atomic E-state index is -0.540. The summed E-state index contributed by atoms with van der Waals surface area (Å²) in [5, 5.41) is 4.95. The van der Waals surface area contributed by atoms with Gasteiger partial charge in [-0.2, -0.15) is 0 Å². The molecular weight excluding hydrogens is 424 g/mol. The number of para-hydroxylation sites is 1. The first-order valence-corrected chi connectivity index (χ1v) is 11.0. The van der Waals surface area contributed by atoms with Gasteiger partial charge in [-0.15, -0.1) is 18.2 Å². The van der Waals surface area contributed by atoms with Crippen molar-refractivity contribution >= 4 is 35.0 Å². The quantitative estimate of drug-likeness (QED) is 0.544. The van der Waals surface area contributed by atoms with Crippen LogP contribution in [0, 0.1) is 19.3 Å². The number of hydrogen-bond donors (Lipinski definition) is 2. The van der Waals surface area contributed by atoms with Gasteiger partial charge in [-0.25, -0.2) is 4.68 Å². The van der Waals surface area contributed by atoms with Crippen LogP contribution in [-0.2, 0) is 16.6 Å². The zero-order valence-electron chi connectivity index (χ0n) is 18.1. The van der Waals surface area contributed by atoms with E-state index in [1.54, 1.807) is 49.8 Å². The molecule has 0 saturated carbocycles. The van der Waals surface area contributed by atoms with E-state index in [4.69, 9.17) is 6.42 Å². The zero-order chi connectivity index (χ0) is 23.3. The van der Waals surface area contributed by atoms with Gasteiger partial charge >= 0.3 is 0 Å². The molecule has 7 nitrogen and oxygen atoms in total. The minimum absolute atomic E-state index is 0.0802. The van der Waals surface area contributed by atoms with E-state index in [0.717, 1.165) is 0 Å². The van der Waals surface area contributed by atoms with Crippen molar-refractivity contribution in [3.63, 3.8) is 0 Å². The average Bonchev–Trinajstić information content (AvgIpc) is 3.01. The fraction of sp³-hybridized carbons (Fsp3) is 0.208. The maximum Gasteiger partial charge on any atom is 0.295 e. The van der Waals surface area contributed by atoms with Crippen LogP contribution < -0.4 is 16.2 Å². The van der Waals surface area contributed by atoms with Crippen molar-refractivity contribution in [3.8, 4) is 18.0 Å². The Morgan fingerprint density at radius 2 is 1.84 bits per heavy atom. The molecule has 2 aromatic carbocycles. The van der Waals surface area contributed by atoms with Crippen molar-refractivity contribution < 1.29 is 9.59 Å². The molecule has 0 aliphatic carbocycles. The van der Waals surface area contributed by atoms with E-state index in [2.05, 4.69) is 16.6 Å². The summed E-state index contributed by atoms with van der Waals surface area (Å²) in [6, 6.07) is 16.2.